The van der Waals surface area contributed by atoms with E-state index in [1.54, 1.807) is 6.08 Å². The van der Waals surface area contributed by atoms with Gasteiger partial charge in [-0.1, -0.05) is 32.3 Å². The Labute approximate surface area is 81.2 Å². The summed E-state index contributed by atoms with van der Waals surface area (Å²) in [6.45, 7) is 5.84. The average molecular weight is 180 g/mol. The maximum atomic E-state index is 11.6. The number of hydrogen-bond acceptors (Lipinski definition) is 1. The Hall–Kier alpha value is -0.590. The Balaban J connectivity index is 2.41. The molecule has 1 fully saturated rings. The maximum absolute atomic E-state index is 11.6. The first-order valence-electron chi connectivity index (χ1n) is 5.41. The van der Waals surface area contributed by atoms with E-state index in [2.05, 4.69) is 13.5 Å². The summed E-state index contributed by atoms with van der Waals surface area (Å²) in [5.41, 5.74) is 0. The summed E-state index contributed by atoms with van der Waals surface area (Å²) in [7, 11) is 0. The molecule has 0 radical (unpaired) electrons. The van der Waals surface area contributed by atoms with Crippen molar-refractivity contribution in [1.82, 2.24) is 0 Å². The summed E-state index contributed by atoms with van der Waals surface area (Å²) in [6, 6.07) is 0. The van der Waals surface area contributed by atoms with Gasteiger partial charge in [-0.2, -0.15) is 0 Å². The van der Waals surface area contributed by atoms with Crippen LogP contribution in [0.3, 0.4) is 0 Å². The van der Waals surface area contributed by atoms with E-state index in [4.69, 9.17) is 0 Å². The van der Waals surface area contributed by atoms with E-state index >= 15 is 0 Å². The van der Waals surface area contributed by atoms with Gasteiger partial charge in [-0.05, 0) is 18.8 Å². The summed E-state index contributed by atoms with van der Waals surface area (Å²) >= 11 is 0. The van der Waals surface area contributed by atoms with Crippen LogP contribution in [0.2, 0.25) is 0 Å². The number of Topliss-reactive ketones (excluding diaryl/α,β-unsaturated/α-hetero) is 1. The van der Waals surface area contributed by atoms with Crippen LogP contribution in [0.25, 0.3) is 0 Å². The van der Waals surface area contributed by atoms with Gasteiger partial charge in [0.1, 0.15) is 5.78 Å². The first-order valence-corrected chi connectivity index (χ1v) is 5.41. The molecule has 0 aromatic rings. The van der Waals surface area contributed by atoms with Crippen molar-refractivity contribution in [2.45, 2.75) is 45.4 Å². The minimum absolute atomic E-state index is 0.344. The van der Waals surface area contributed by atoms with Crippen LogP contribution >= 0.6 is 0 Å². The van der Waals surface area contributed by atoms with Gasteiger partial charge in [0, 0.05) is 12.3 Å². The van der Waals surface area contributed by atoms with E-state index in [1.807, 2.05) is 0 Å². The van der Waals surface area contributed by atoms with E-state index in [0.717, 1.165) is 18.8 Å². The molecule has 0 spiro atoms. The standard InChI is InChI=1S/C12H20O/c1-3-6-12(13)11-8-5-7-10(4-2)9-11/h3,10-11H,1,4-9H2,2H3. The third-order valence-corrected chi connectivity index (χ3v) is 3.16. The molecule has 1 aliphatic carbocycles. The third kappa shape index (κ3) is 2.98. The van der Waals surface area contributed by atoms with Crippen LogP contribution in [-0.2, 0) is 4.79 Å². The average Bonchev–Trinajstić information content (AvgIpc) is 2.18. The first kappa shape index (κ1) is 10.5. The molecule has 2 unspecified atom stereocenters. The predicted molar refractivity (Wildman–Crippen MR) is 55.6 cm³/mol. The summed E-state index contributed by atoms with van der Waals surface area (Å²) in [5.74, 6) is 1.55. The number of ketones is 1. The largest absolute Gasteiger partial charge is 0.299 e. The van der Waals surface area contributed by atoms with Crippen molar-refractivity contribution in [2.75, 3.05) is 0 Å². The van der Waals surface area contributed by atoms with Crippen molar-refractivity contribution < 1.29 is 4.79 Å². The van der Waals surface area contributed by atoms with Crippen molar-refractivity contribution in [1.29, 1.82) is 0 Å². The number of rotatable bonds is 4. The summed E-state index contributed by atoms with van der Waals surface area (Å²) in [4.78, 5) is 11.6. The summed E-state index contributed by atoms with van der Waals surface area (Å²) < 4.78 is 0. The Kier molecular flexibility index (Phi) is 4.20. The van der Waals surface area contributed by atoms with Crippen molar-refractivity contribution >= 4 is 5.78 Å². The zero-order chi connectivity index (χ0) is 9.68. The SMILES string of the molecule is C=CCC(=O)C1CCCC(CC)C1. The van der Waals surface area contributed by atoms with E-state index in [0.29, 0.717) is 18.1 Å². The molecule has 1 aliphatic rings. The fourth-order valence-corrected chi connectivity index (χ4v) is 2.26. The van der Waals surface area contributed by atoms with Gasteiger partial charge >= 0.3 is 0 Å². The molecule has 1 rings (SSSR count). The molecule has 0 saturated heterocycles. The normalized spacial score (nSPS) is 28.4. The molecule has 74 valence electrons. The lowest BCUT2D eigenvalue weighted by molar-refractivity contribution is -0.123. The Morgan fingerprint density at radius 1 is 1.54 bits per heavy atom. The minimum atomic E-state index is 0.344. The zero-order valence-electron chi connectivity index (χ0n) is 8.59. The molecule has 13 heavy (non-hydrogen) atoms. The number of carbonyl (C=O) groups is 1. The van der Waals surface area contributed by atoms with E-state index in [9.17, 15) is 4.79 Å². The van der Waals surface area contributed by atoms with Crippen LogP contribution in [0.4, 0.5) is 0 Å². The third-order valence-electron chi connectivity index (χ3n) is 3.16. The highest BCUT2D eigenvalue weighted by Crippen LogP contribution is 2.31. The molecule has 0 aliphatic heterocycles. The van der Waals surface area contributed by atoms with Crippen molar-refractivity contribution in [3.8, 4) is 0 Å². The Bertz CT molecular complexity index is 184. The molecule has 1 nitrogen and oxygen atoms in total. The van der Waals surface area contributed by atoms with Crippen molar-refractivity contribution in [3.05, 3.63) is 12.7 Å². The van der Waals surface area contributed by atoms with Gasteiger partial charge in [-0.15, -0.1) is 6.58 Å². The maximum Gasteiger partial charge on any atom is 0.139 e. The Morgan fingerprint density at radius 3 is 2.92 bits per heavy atom. The molecule has 0 N–H and O–H groups in total. The molecule has 0 aromatic carbocycles. The van der Waals surface area contributed by atoms with Crippen LogP contribution in [-0.4, -0.2) is 5.78 Å². The van der Waals surface area contributed by atoms with Gasteiger partial charge in [-0.25, -0.2) is 0 Å². The molecule has 1 saturated carbocycles. The monoisotopic (exact) mass is 180 g/mol. The zero-order valence-corrected chi connectivity index (χ0v) is 8.59. The lowest BCUT2D eigenvalue weighted by Crippen LogP contribution is -2.22. The lowest BCUT2D eigenvalue weighted by atomic mass is 9.78. The van der Waals surface area contributed by atoms with Crippen LogP contribution < -0.4 is 0 Å². The molecule has 0 aromatic heterocycles. The van der Waals surface area contributed by atoms with Crippen LogP contribution in [0.1, 0.15) is 45.4 Å². The highest BCUT2D eigenvalue weighted by Gasteiger charge is 2.24. The fourth-order valence-electron chi connectivity index (χ4n) is 2.26. The number of hydrogen-bond donors (Lipinski definition) is 0. The second kappa shape index (κ2) is 5.21. The minimum Gasteiger partial charge on any atom is -0.299 e. The highest BCUT2D eigenvalue weighted by atomic mass is 16.1. The predicted octanol–water partition coefficient (Wildman–Crippen LogP) is 3.35. The van der Waals surface area contributed by atoms with E-state index < -0.39 is 0 Å². The molecular formula is C12H20O. The van der Waals surface area contributed by atoms with Gasteiger partial charge in [-0.3, -0.25) is 4.79 Å². The van der Waals surface area contributed by atoms with Gasteiger partial charge in [0.15, 0.2) is 0 Å². The molecule has 0 amide bonds. The van der Waals surface area contributed by atoms with E-state index in [-0.39, 0.29) is 0 Å². The van der Waals surface area contributed by atoms with Crippen LogP contribution in [0, 0.1) is 11.8 Å². The molecule has 2 atom stereocenters. The second-order valence-electron chi connectivity index (χ2n) is 4.10. The number of carbonyl (C=O) groups excluding carboxylic acids is 1. The lowest BCUT2D eigenvalue weighted by Gasteiger charge is -2.27. The summed E-state index contributed by atoms with van der Waals surface area (Å²) in [5, 5.41) is 0. The van der Waals surface area contributed by atoms with Gasteiger partial charge < -0.3 is 0 Å². The fraction of sp³-hybridized carbons (Fsp3) is 0.750. The van der Waals surface area contributed by atoms with Gasteiger partial charge in [0.05, 0.1) is 0 Å². The number of allylic oxidation sites excluding steroid dienone is 1. The molecular weight excluding hydrogens is 160 g/mol. The van der Waals surface area contributed by atoms with Crippen LogP contribution in [0.5, 0.6) is 0 Å². The summed E-state index contributed by atoms with van der Waals surface area (Å²) in [6.07, 6.45) is 8.35. The van der Waals surface area contributed by atoms with E-state index in [1.165, 1.54) is 19.3 Å². The molecule has 0 bridgehead atoms. The molecule has 0 heterocycles. The highest BCUT2D eigenvalue weighted by molar-refractivity contribution is 5.82. The smallest absolute Gasteiger partial charge is 0.139 e. The topological polar surface area (TPSA) is 17.1 Å². The first-order chi connectivity index (χ1) is 6.27. The van der Waals surface area contributed by atoms with Gasteiger partial charge in [0.25, 0.3) is 0 Å². The quantitative estimate of drug-likeness (QED) is 0.606. The second-order valence-corrected chi connectivity index (χ2v) is 4.10. The van der Waals surface area contributed by atoms with Crippen LogP contribution in [0.15, 0.2) is 12.7 Å². The molecule has 1 heteroatoms. The van der Waals surface area contributed by atoms with Crippen molar-refractivity contribution in [2.24, 2.45) is 11.8 Å². The Morgan fingerprint density at radius 2 is 2.31 bits per heavy atom. The van der Waals surface area contributed by atoms with Crippen molar-refractivity contribution in [3.63, 3.8) is 0 Å². The van der Waals surface area contributed by atoms with Gasteiger partial charge in [0.2, 0.25) is 0 Å².